The summed E-state index contributed by atoms with van der Waals surface area (Å²) in [7, 11) is 0. The first-order valence-electron chi connectivity index (χ1n) is 6.74. The molecule has 0 saturated carbocycles. The van der Waals surface area contributed by atoms with Gasteiger partial charge in [-0.1, -0.05) is 31.5 Å². The van der Waals surface area contributed by atoms with Gasteiger partial charge < -0.3 is 5.32 Å². The standard InChI is InChI=1S/C15H22N4/c1-11(2)9-19-15(17-10-18-19)8-16-14-6-5-12(3)7-13(14)4/h5-7,10-11,16H,8-9H2,1-4H3. The van der Waals surface area contributed by atoms with Crippen LogP contribution in [0.1, 0.15) is 30.8 Å². The summed E-state index contributed by atoms with van der Waals surface area (Å²) in [5.74, 6) is 1.55. The van der Waals surface area contributed by atoms with E-state index in [0.29, 0.717) is 12.5 Å². The van der Waals surface area contributed by atoms with E-state index in [1.165, 1.54) is 11.1 Å². The van der Waals surface area contributed by atoms with E-state index in [4.69, 9.17) is 0 Å². The lowest BCUT2D eigenvalue weighted by Crippen LogP contribution is -2.13. The highest BCUT2D eigenvalue weighted by Crippen LogP contribution is 2.16. The maximum absolute atomic E-state index is 4.32. The molecular weight excluding hydrogens is 236 g/mol. The molecule has 4 heteroatoms. The third-order valence-electron chi connectivity index (χ3n) is 3.05. The summed E-state index contributed by atoms with van der Waals surface area (Å²) in [5, 5.41) is 7.70. The van der Waals surface area contributed by atoms with E-state index in [2.05, 4.69) is 61.3 Å². The van der Waals surface area contributed by atoms with E-state index in [9.17, 15) is 0 Å². The maximum atomic E-state index is 4.32. The van der Waals surface area contributed by atoms with Crippen LogP contribution in [0.3, 0.4) is 0 Å². The Hall–Kier alpha value is -1.84. The second-order valence-electron chi connectivity index (χ2n) is 5.42. The molecule has 0 aliphatic rings. The van der Waals surface area contributed by atoms with Gasteiger partial charge >= 0.3 is 0 Å². The zero-order valence-corrected chi connectivity index (χ0v) is 12.1. The molecule has 0 fully saturated rings. The van der Waals surface area contributed by atoms with Crippen LogP contribution in [0.4, 0.5) is 5.69 Å². The smallest absolute Gasteiger partial charge is 0.146 e. The van der Waals surface area contributed by atoms with Crippen molar-refractivity contribution in [2.45, 2.75) is 40.8 Å². The molecule has 0 bridgehead atoms. The number of aryl methyl sites for hydroxylation is 2. The van der Waals surface area contributed by atoms with Crippen molar-refractivity contribution < 1.29 is 0 Å². The van der Waals surface area contributed by atoms with Gasteiger partial charge in [0, 0.05) is 12.2 Å². The lowest BCUT2D eigenvalue weighted by Gasteiger charge is -2.12. The van der Waals surface area contributed by atoms with Gasteiger partial charge in [-0.2, -0.15) is 5.10 Å². The Bertz CT molecular complexity index is 543. The Balaban J connectivity index is 2.04. The average Bonchev–Trinajstić information content (AvgIpc) is 2.74. The first kappa shape index (κ1) is 13.6. The minimum Gasteiger partial charge on any atom is -0.378 e. The number of benzene rings is 1. The summed E-state index contributed by atoms with van der Waals surface area (Å²) in [6.07, 6.45) is 1.63. The van der Waals surface area contributed by atoms with Crippen molar-refractivity contribution in [1.29, 1.82) is 0 Å². The zero-order valence-electron chi connectivity index (χ0n) is 12.1. The van der Waals surface area contributed by atoms with Crippen LogP contribution in [0, 0.1) is 19.8 Å². The van der Waals surface area contributed by atoms with Crippen LogP contribution in [0.25, 0.3) is 0 Å². The number of nitrogens with one attached hydrogen (secondary N) is 1. The molecule has 0 atom stereocenters. The van der Waals surface area contributed by atoms with Crippen LogP contribution in [0.15, 0.2) is 24.5 Å². The predicted octanol–water partition coefficient (Wildman–Crippen LogP) is 3.16. The summed E-state index contributed by atoms with van der Waals surface area (Å²) >= 11 is 0. The van der Waals surface area contributed by atoms with Gasteiger partial charge in [-0.05, 0) is 31.4 Å². The first-order valence-corrected chi connectivity index (χ1v) is 6.74. The molecule has 2 aromatic rings. The highest BCUT2D eigenvalue weighted by atomic mass is 15.3. The van der Waals surface area contributed by atoms with E-state index < -0.39 is 0 Å². The Morgan fingerprint density at radius 2 is 2.05 bits per heavy atom. The number of rotatable bonds is 5. The molecule has 1 aromatic carbocycles. The molecular formula is C15H22N4. The Morgan fingerprint density at radius 1 is 1.26 bits per heavy atom. The van der Waals surface area contributed by atoms with Crippen molar-refractivity contribution in [3.63, 3.8) is 0 Å². The lowest BCUT2D eigenvalue weighted by molar-refractivity contribution is 0.468. The molecule has 19 heavy (non-hydrogen) atoms. The van der Waals surface area contributed by atoms with Crippen LogP contribution in [0.2, 0.25) is 0 Å². The van der Waals surface area contributed by atoms with E-state index in [0.717, 1.165) is 18.1 Å². The molecule has 0 aliphatic heterocycles. The highest BCUT2D eigenvalue weighted by Gasteiger charge is 2.06. The van der Waals surface area contributed by atoms with Gasteiger partial charge in [0.2, 0.25) is 0 Å². The largest absolute Gasteiger partial charge is 0.378 e. The molecule has 4 nitrogen and oxygen atoms in total. The van der Waals surface area contributed by atoms with Gasteiger partial charge in [0.15, 0.2) is 0 Å². The van der Waals surface area contributed by atoms with Crippen LogP contribution in [0.5, 0.6) is 0 Å². The van der Waals surface area contributed by atoms with Gasteiger partial charge in [-0.15, -0.1) is 0 Å². The predicted molar refractivity (Wildman–Crippen MR) is 78.1 cm³/mol. The number of aromatic nitrogens is 3. The van der Waals surface area contributed by atoms with Crippen LogP contribution in [-0.4, -0.2) is 14.8 Å². The minimum absolute atomic E-state index is 0.571. The Kier molecular flexibility index (Phi) is 4.20. The Morgan fingerprint density at radius 3 is 2.74 bits per heavy atom. The second-order valence-corrected chi connectivity index (χ2v) is 5.42. The fourth-order valence-electron chi connectivity index (χ4n) is 2.11. The fourth-order valence-corrected chi connectivity index (χ4v) is 2.11. The molecule has 0 saturated heterocycles. The molecule has 1 N–H and O–H groups in total. The van der Waals surface area contributed by atoms with Gasteiger partial charge in [0.1, 0.15) is 12.2 Å². The average molecular weight is 258 g/mol. The monoisotopic (exact) mass is 258 g/mol. The quantitative estimate of drug-likeness (QED) is 0.895. The maximum Gasteiger partial charge on any atom is 0.146 e. The third-order valence-corrected chi connectivity index (χ3v) is 3.05. The third kappa shape index (κ3) is 3.56. The molecule has 0 unspecified atom stereocenters. The van der Waals surface area contributed by atoms with Crippen LogP contribution < -0.4 is 5.32 Å². The molecule has 0 radical (unpaired) electrons. The molecule has 1 aromatic heterocycles. The molecule has 102 valence electrons. The SMILES string of the molecule is Cc1ccc(NCc2ncnn2CC(C)C)c(C)c1. The van der Waals surface area contributed by atoms with E-state index in [1.807, 2.05) is 4.68 Å². The van der Waals surface area contributed by atoms with Gasteiger partial charge in [-0.25, -0.2) is 9.67 Å². The van der Waals surface area contributed by atoms with Gasteiger partial charge in [-0.3, -0.25) is 0 Å². The number of anilines is 1. The summed E-state index contributed by atoms with van der Waals surface area (Å²) < 4.78 is 1.97. The minimum atomic E-state index is 0.571. The number of hydrogen-bond acceptors (Lipinski definition) is 3. The van der Waals surface area contributed by atoms with Crippen molar-refractivity contribution in [1.82, 2.24) is 14.8 Å². The van der Waals surface area contributed by atoms with Crippen molar-refractivity contribution >= 4 is 5.69 Å². The lowest BCUT2D eigenvalue weighted by atomic mass is 10.1. The van der Waals surface area contributed by atoms with Crippen molar-refractivity contribution in [3.8, 4) is 0 Å². The Labute approximate surface area is 114 Å². The molecule has 1 heterocycles. The molecule has 2 rings (SSSR count). The van der Waals surface area contributed by atoms with Crippen molar-refractivity contribution in [2.75, 3.05) is 5.32 Å². The summed E-state index contributed by atoms with van der Waals surface area (Å²) in [5.41, 5.74) is 3.70. The van der Waals surface area contributed by atoms with Crippen LogP contribution >= 0.6 is 0 Å². The van der Waals surface area contributed by atoms with Gasteiger partial charge in [0.05, 0.1) is 6.54 Å². The topological polar surface area (TPSA) is 42.7 Å². The fraction of sp³-hybridized carbons (Fsp3) is 0.467. The first-order chi connectivity index (χ1) is 9.06. The van der Waals surface area contributed by atoms with Crippen molar-refractivity contribution in [3.05, 3.63) is 41.5 Å². The van der Waals surface area contributed by atoms with E-state index in [1.54, 1.807) is 6.33 Å². The number of nitrogens with zero attached hydrogens (tertiary/aromatic N) is 3. The molecule has 0 amide bonds. The normalized spacial score (nSPS) is 11.0. The summed E-state index contributed by atoms with van der Waals surface area (Å²) in [6.45, 7) is 10.2. The summed E-state index contributed by atoms with van der Waals surface area (Å²) in [6, 6.07) is 6.42. The van der Waals surface area contributed by atoms with Crippen LogP contribution in [-0.2, 0) is 13.1 Å². The van der Waals surface area contributed by atoms with E-state index in [-0.39, 0.29) is 0 Å². The second kappa shape index (κ2) is 5.87. The van der Waals surface area contributed by atoms with E-state index >= 15 is 0 Å². The number of hydrogen-bond donors (Lipinski definition) is 1. The summed E-state index contributed by atoms with van der Waals surface area (Å²) in [4.78, 5) is 4.32. The van der Waals surface area contributed by atoms with Gasteiger partial charge in [0.25, 0.3) is 0 Å². The molecule has 0 aliphatic carbocycles. The highest BCUT2D eigenvalue weighted by molar-refractivity contribution is 5.51. The van der Waals surface area contributed by atoms with Crippen molar-refractivity contribution in [2.24, 2.45) is 5.92 Å². The molecule has 0 spiro atoms. The zero-order chi connectivity index (χ0) is 13.8.